The minimum atomic E-state index is -1.30. The van der Waals surface area contributed by atoms with Gasteiger partial charge in [-0.25, -0.2) is 9.78 Å². The third-order valence-electron chi connectivity index (χ3n) is 4.41. The van der Waals surface area contributed by atoms with Gasteiger partial charge in [0, 0.05) is 29.7 Å². The second kappa shape index (κ2) is 8.50. The number of para-hydroxylation sites is 1. The first kappa shape index (κ1) is 21.0. The topological polar surface area (TPSA) is 127 Å². The van der Waals surface area contributed by atoms with Gasteiger partial charge in [0.05, 0.1) is 25.5 Å². The first-order chi connectivity index (χ1) is 14.8. The van der Waals surface area contributed by atoms with Gasteiger partial charge in [0.1, 0.15) is 18.1 Å². The van der Waals surface area contributed by atoms with E-state index in [1.54, 1.807) is 18.2 Å². The number of aromatic nitrogens is 1. The number of carbonyl (C=O) groups is 1. The lowest BCUT2D eigenvalue weighted by molar-refractivity contribution is -0.385. The molecule has 9 nitrogen and oxygen atoms in total. The van der Waals surface area contributed by atoms with Crippen molar-refractivity contribution in [1.29, 1.82) is 0 Å². The second-order valence-corrected chi connectivity index (χ2v) is 8.28. The van der Waals surface area contributed by atoms with Crippen LogP contribution in [-0.4, -0.2) is 26.7 Å². The maximum Gasteiger partial charge on any atom is 0.352 e. The highest BCUT2D eigenvalue weighted by molar-refractivity contribution is 7.16. The molecule has 0 aliphatic carbocycles. The molecule has 158 valence electrons. The number of rotatable bonds is 6. The molecule has 3 aromatic rings. The third kappa shape index (κ3) is 4.31. The first-order valence-corrected chi connectivity index (χ1v) is 10.3. The van der Waals surface area contributed by atoms with E-state index in [0.717, 1.165) is 4.88 Å². The number of benzene rings is 2. The average Bonchev–Trinajstić information content (AvgIpc) is 3.15. The maximum absolute atomic E-state index is 11.6. The van der Waals surface area contributed by atoms with Gasteiger partial charge in [0.25, 0.3) is 5.69 Å². The van der Waals surface area contributed by atoms with Gasteiger partial charge >= 0.3 is 5.97 Å². The number of nitro benzene ring substituents is 1. The van der Waals surface area contributed by atoms with Crippen molar-refractivity contribution < 1.29 is 19.6 Å². The Balaban J connectivity index is 1.61. The molecule has 0 saturated heterocycles. The summed E-state index contributed by atoms with van der Waals surface area (Å²) in [5.41, 5.74) is 3.71. The van der Waals surface area contributed by atoms with Crippen LogP contribution in [0.5, 0.6) is 5.75 Å². The number of hydrogen-bond acceptors (Lipinski definition) is 8. The van der Waals surface area contributed by atoms with Gasteiger partial charge in [0.2, 0.25) is 5.13 Å². The number of aliphatic carboxylic acids is 1. The highest BCUT2D eigenvalue weighted by Crippen LogP contribution is 2.44. The van der Waals surface area contributed by atoms with Gasteiger partial charge in [-0.1, -0.05) is 52.7 Å². The zero-order valence-corrected chi connectivity index (χ0v) is 17.8. The lowest BCUT2D eigenvalue weighted by Gasteiger charge is -2.17. The van der Waals surface area contributed by atoms with Crippen LogP contribution in [0.15, 0.2) is 41.5 Å². The Morgan fingerprint density at radius 1 is 1.32 bits per heavy atom. The van der Waals surface area contributed by atoms with Crippen LogP contribution in [0.4, 0.5) is 10.8 Å². The number of halogens is 2. The largest absolute Gasteiger partial charge is 0.487 e. The van der Waals surface area contributed by atoms with E-state index in [2.05, 4.69) is 15.5 Å². The van der Waals surface area contributed by atoms with Gasteiger partial charge in [-0.05, 0) is 6.07 Å². The number of fused-ring (bicyclic) bond motifs is 3. The van der Waals surface area contributed by atoms with Crippen LogP contribution in [0.3, 0.4) is 0 Å². The molecule has 31 heavy (non-hydrogen) atoms. The highest BCUT2D eigenvalue weighted by Gasteiger charge is 2.24. The number of carboxylic acids is 1. The Bertz CT molecular complexity index is 1240. The SMILES string of the molecule is O=C(O)/C(Cc1ccccc1[N+](=O)[O-])=N\Nc1nc2c(s1)COc1cc(Cl)c(Cl)cc1-2. The summed E-state index contributed by atoms with van der Waals surface area (Å²) in [7, 11) is 0. The molecular formula is C19H12Cl2N4O5S. The average molecular weight is 479 g/mol. The van der Waals surface area contributed by atoms with Crippen LogP contribution in [-0.2, 0) is 17.8 Å². The minimum Gasteiger partial charge on any atom is -0.487 e. The number of hydrazone groups is 1. The normalized spacial score (nSPS) is 12.5. The summed E-state index contributed by atoms with van der Waals surface area (Å²) in [6.07, 6.45) is -0.232. The molecule has 2 heterocycles. The van der Waals surface area contributed by atoms with Crippen molar-refractivity contribution in [2.75, 3.05) is 5.43 Å². The number of nitrogens with one attached hydrogen (secondary N) is 1. The summed E-state index contributed by atoms with van der Waals surface area (Å²) in [5, 5.41) is 25.6. The maximum atomic E-state index is 11.6. The van der Waals surface area contributed by atoms with Crippen molar-refractivity contribution in [2.45, 2.75) is 13.0 Å². The summed E-state index contributed by atoms with van der Waals surface area (Å²) in [6.45, 7) is 0.269. The van der Waals surface area contributed by atoms with E-state index in [1.807, 2.05) is 0 Å². The lowest BCUT2D eigenvalue weighted by atomic mass is 10.1. The fourth-order valence-electron chi connectivity index (χ4n) is 2.98. The van der Waals surface area contributed by atoms with Crippen LogP contribution < -0.4 is 10.2 Å². The Labute approximate surface area is 189 Å². The van der Waals surface area contributed by atoms with E-state index in [1.165, 1.54) is 29.5 Å². The van der Waals surface area contributed by atoms with Crippen molar-refractivity contribution in [1.82, 2.24) is 4.98 Å². The van der Waals surface area contributed by atoms with Gasteiger partial charge in [0.15, 0.2) is 0 Å². The van der Waals surface area contributed by atoms with Crippen molar-refractivity contribution in [2.24, 2.45) is 5.10 Å². The fraction of sp³-hybridized carbons (Fsp3) is 0.105. The number of nitrogens with zero attached hydrogens (tertiary/aromatic N) is 3. The Morgan fingerprint density at radius 3 is 2.81 bits per heavy atom. The standard InChI is InChI=1S/C19H12Cl2N4O5S/c20-11-6-10-15(7-12(11)21)30-8-16-17(10)22-19(31-16)24-23-13(18(26)27)5-9-3-1-2-4-14(9)25(28)29/h1-4,6-7H,5,8H2,(H,22,24)(H,26,27)/b23-13-. The highest BCUT2D eigenvalue weighted by atomic mass is 35.5. The molecule has 0 bridgehead atoms. The number of ether oxygens (including phenoxy) is 1. The molecule has 0 atom stereocenters. The van der Waals surface area contributed by atoms with Crippen LogP contribution in [0.1, 0.15) is 10.4 Å². The van der Waals surface area contributed by atoms with Crippen LogP contribution in [0.2, 0.25) is 10.0 Å². The molecular weight excluding hydrogens is 467 g/mol. The van der Waals surface area contributed by atoms with Crippen molar-refractivity contribution in [3.8, 4) is 17.0 Å². The molecule has 4 rings (SSSR count). The van der Waals surface area contributed by atoms with Crippen molar-refractivity contribution >= 4 is 57.0 Å². The predicted octanol–water partition coefficient (Wildman–Crippen LogP) is 5.01. The van der Waals surface area contributed by atoms with E-state index in [4.69, 9.17) is 27.9 Å². The molecule has 0 saturated carbocycles. The third-order valence-corrected chi connectivity index (χ3v) is 6.07. The molecule has 0 radical (unpaired) electrons. The van der Waals surface area contributed by atoms with Gasteiger partial charge in [-0.3, -0.25) is 15.5 Å². The van der Waals surface area contributed by atoms with Gasteiger partial charge in [-0.2, -0.15) is 5.10 Å². The van der Waals surface area contributed by atoms with Crippen molar-refractivity contribution in [3.05, 3.63) is 67.0 Å². The number of carboxylic acid groups (broad SMARTS) is 1. The van der Waals surface area contributed by atoms with E-state index < -0.39 is 10.9 Å². The van der Waals surface area contributed by atoms with Crippen LogP contribution in [0, 0.1) is 10.1 Å². The van der Waals surface area contributed by atoms with Crippen LogP contribution in [0.25, 0.3) is 11.3 Å². The van der Waals surface area contributed by atoms with Gasteiger partial charge in [-0.15, -0.1) is 0 Å². The number of thiazole rings is 1. The summed E-state index contributed by atoms with van der Waals surface area (Å²) in [4.78, 5) is 27.5. The molecule has 0 amide bonds. The molecule has 1 aromatic heterocycles. The van der Waals surface area contributed by atoms with E-state index in [9.17, 15) is 20.0 Å². The predicted molar refractivity (Wildman–Crippen MR) is 117 cm³/mol. The first-order valence-electron chi connectivity index (χ1n) is 8.73. The lowest BCUT2D eigenvalue weighted by Crippen LogP contribution is -2.18. The van der Waals surface area contributed by atoms with E-state index in [-0.39, 0.29) is 30.0 Å². The molecule has 0 unspecified atom stereocenters. The molecule has 0 spiro atoms. The number of anilines is 1. The summed E-state index contributed by atoms with van der Waals surface area (Å²) in [5.74, 6) is -0.757. The molecule has 0 fully saturated rings. The molecule has 12 heteroatoms. The van der Waals surface area contributed by atoms with Crippen LogP contribution >= 0.6 is 34.5 Å². The zero-order chi connectivity index (χ0) is 22.1. The molecule has 2 N–H and O–H groups in total. The minimum absolute atomic E-state index is 0.176. The summed E-state index contributed by atoms with van der Waals surface area (Å²) < 4.78 is 5.68. The molecule has 1 aliphatic rings. The Morgan fingerprint density at radius 2 is 2.06 bits per heavy atom. The quantitative estimate of drug-likeness (QED) is 0.289. The Kier molecular flexibility index (Phi) is 5.77. The second-order valence-electron chi connectivity index (χ2n) is 6.38. The van der Waals surface area contributed by atoms with E-state index in [0.29, 0.717) is 32.2 Å². The molecule has 2 aromatic carbocycles. The van der Waals surface area contributed by atoms with Gasteiger partial charge < -0.3 is 9.84 Å². The summed E-state index contributed by atoms with van der Waals surface area (Å²) in [6, 6.07) is 9.17. The number of nitro groups is 1. The monoisotopic (exact) mass is 478 g/mol. The fourth-order valence-corrected chi connectivity index (χ4v) is 4.13. The zero-order valence-electron chi connectivity index (χ0n) is 15.5. The summed E-state index contributed by atoms with van der Waals surface area (Å²) >= 11 is 13.4. The Hall–Kier alpha value is -3.21. The number of hydrogen-bond donors (Lipinski definition) is 2. The van der Waals surface area contributed by atoms with E-state index >= 15 is 0 Å². The molecule has 1 aliphatic heterocycles. The van der Waals surface area contributed by atoms with Crippen molar-refractivity contribution in [3.63, 3.8) is 0 Å². The smallest absolute Gasteiger partial charge is 0.352 e.